The fourth-order valence-corrected chi connectivity index (χ4v) is 5.26. The first-order chi connectivity index (χ1) is 16.9. The fourth-order valence-electron chi connectivity index (χ4n) is 3.18. The van der Waals surface area contributed by atoms with E-state index in [0.717, 1.165) is 31.5 Å². The summed E-state index contributed by atoms with van der Waals surface area (Å²) in [6.07, 6.45) is 1.71. The van der Waals surface area contributed by atoms with Gasteiger partial charge in [-0.1, -0.05) is 53.7 Å². The molecule has 1 aliphatic rings. The largest absolute Gasteiger partial charge is 0.493 e. The molecular formula is C25H18ClIN2O4S2. The monoisotopic (exact) mass is 636 g/mol. The number of methoxy groups -OCH3 is 1. The molecule has 3 aromatic carbocycles. The Balaban J connectivity index is 1.51. The minimum atomic E-state index is -0.463. The summed E-state index contributed by atoms with van der Waals surface area (Å²) in [4.78, 5) is 25.9. The predicted molar refractivity (Wildman–Crippen MR) is 150 cm³/mol. The van der Waals surface area contributed by atoms with Gasteiger partial charge in [-0.25, -0.2) is 0 Å². The molecule has 0 atom stereocenters. The third-order valence-corrected chi connectivity index (χ3v) is 7.24. The van der Waals surface area contributed by atoms with Gasteiger partial charge in [-0.3, -0.25) is 15.0 Å². The molecule has 35 heavy (non-hydrogen) atoms. The first-order valence-corrected chi connectivity index (χ1v) is 12.9. The topological polar surface area (TPSA) is 67.9 Å². The van der Waals surface area contributed by atoms with E-state index in [1.807, 2.05) is 36.4 Å². The van der Waals surface area contributed by atoms with Gasteiger partial charge in [0.1, 0.15) is 6.61 Å². The number of thiocarbonyl (C=S) groups is 1. The van der Waals surface area contributed by atoms with Gasteiger partial charge < -0.3 is 9.47 Å². The number of ether oxygens (including phenoxy) is 2. The zero-order valence-corrected chi connectivity index (χ0v) is 22.8. The van der Waals surface area contributed by atoms with E-state index in [-0.39, 0.29) is 4.32 Å². The van der Waals surface area contributed by atoms with Crippen molar-refractivity contribution in [1.29, 1.82) is 0 Å². The van der Waals surface area contributed by atoms with E-state index in [4.69, 9.17) is 33.3 Å². The Hall–Kier alpha value is -2.60. The van der Waals surface area contributed by atoms with E-state index in [0.29, 0.717) is 33.6 Å². The number of thioether (sulfide) groups is 1. The van der Waals surface area contributed by atoms with Gasteiger partial charge in [0.15, 0.2) is 15.8 Å². The molecular weight excluding hydrogens is 619 g/mol. The molecule has 0 spiro atoms. The lowest BCUT2D eigenvalue weighted by molar-refractivity contribution is -0.123. The number of rotatable bonds is 7. The molecule has 0 aromatic heterocycles. The van der Waals surface area contributed by atoms with Crippen molar-refractivity contribution in [3.05, 3.63) is 96.9 Å². The Morgan fingerprint density at radius 3 is 2.57 bits per heavy atom. The van der Waals surface area contributed by atoms with Crippen LogP contribution in [0.25, 0.3) is 6.08 Å². The molecule has 4 rings (SSSR count). The normalized spacial score (nSPS) is 14.4. The second-order valence-electron chi connectivity index (χ2n) is 7.27. The second-order valence-corrected chi connectivity index (χ2v) is 10.5. The van der Waals surface area contributed by atoms with Crippen LogP contribution in [0.5, 0.6) is 11.5 Å². The van der Waals surface area contributed by atoms with Gasteiger partial charge in [-0.05, 0) is 88.4 Å². The summed E-state index contributed by atoms with van der Waals surface area (Å²) in [6.45, 7) is 0.401. The van der Waals surface area contributed by atoms with Crippen molar-refractivity contribution in [3.8, 4) is 11.5 Å². The number of hydrogen-bond donors (Lipinski definition) is 1. The second kappa shape index (κ2) is 11.4. The predicted octanol–water partition coefficient (Wildman–Crippen LogP) is 6.08. The van der Waals surface area contributed by atoms with Crippen LogP contribution in [0.15, 0.2) is 71.6 Å². The Labute approximate surface area is 230 Å². The number of nitrogens with zero attached hydrogens (tertiary/aromatic N) is 1. The highest BCUT2D eigenvalue weighted by atomic mass is 127. The summed E-state index contributed by atoms with van der Waals surface area (Å²) in [5.74, 6) is 0.290. The highest BCUT2D eigenvalue weighted by molar-refractivity contribution is 14.1. The van der Waals surface area contributed by atoms with E-state index >= 15 is 0 Å². The zero-order valence-electron chi connectivity index (χ0n) is 18.3. The lowest BCUT2D eigenvalue weighted by Gasteiger charge is -2.15. The first kappa shape index (κ1) is 25.5. The number of halogens is 2. The Kier molecular flexibility index (Phi) is 8.32. The molecule has 178 valence electrons. The minimum absolute atomic E-state index is 0.230. The lowest BCUT2D eigenvalue weighted by atomic mass is 10.2. The lowest BCUT2D eigenvalue weighted by Crippen LogP contribution is -2.44. The molecule has 10 heteroatoms. The van der Waals surface area contributed by atoms with Crippen LogP contribution in [0, 0.1) is 3.57 Å². The molecule has 1 N–H and O–H groups in total. The van der Waals surface area contributed by atoms with Gasteiger partial charge in [0.25, 0.3) is 11.8 Å². The zero-order chi connectivity index (χ0) is 24.9. The summed E-state index contributed by atoms with van der Waals surface area (Å²) < 4.78 is 12.6. The quantitative estimate of drug-likeness (QED) is 0.193. The summed E-state index contributed by atoms with van der Waals surface area (Å²) in [6, 6.07) is 19.9. The van der Waals surface area contributed by atoms with E-state index in [9.17, 15) is 9.59 Å². The standard InChI is InChI=1S/C25H18ClIN2O4S2/c1-32-20-12-16(11-19(27)22(20)33-14-15-5-3-2-4-6-15)13-21-24(31)29(25(34)35-21)28-23(30)17-7-9-18(26)10-8-17/h2-13H,14H2,1H3,(H,28,30)/b21-13+. The van der Waals surface area contributed by atoms with Crippen molar-refractivity contribution in [1.82, 2.24) is 10.4 Å². The average molecular weight is 637 g/mol. The van der Waals surface area contributed by atoms with E-state index in [1.165, 1.54) is 0 Å². The maximum atomic E-state index is 13.0. The highest BCUT2D eigenvalue weighted by Crippen LogP contribution is 2.37. The summed E-state index contributed by atoms with van der Waals surface area (Å²) >= 11 is 14.5. The molecule has 3 aromatic rings. The molecule has 0 unspecified atom stereocenters. The number of hydrazine groups is 1. The van der Waals surface area contributed by atoms with E-state index in [2.05, 4.69) is 28.0 Å². The SMILES string of the molecule is COc1cc(/C=C2/SC(=S)N(NC(=O)c3ccc(Cl)cc3)C2=O)cc(I)c1OCc1ccccc1. The summed E-state index contributed by atoms with van der Waals surface area (Å²) in [5.41, 5.74) is 4.70. The molecule has 0 bridgehead atoms. The van der Waals surface area contributed by atoms with Crippen LogP contribution >= 0.6 is 58.2 Å². The molecule has 1 heterocycles. The molecule has 0 aliphatic carbocycles. The van der Waals surface area contributed by atoms with Gasteiger partial charge >= 0.3 is 0 Å². The maximum absolute atomic E-state index is 13.0. The number of benzene rings is 3. The van der Waals surface area contributed by atoms with Gasteiger partial charge in [0.05, 0.1) is 15.6 Å². The van der Waals surface area contributed by atoms with Crippen LogP contribution in [0.3, 0.4) is 0 Å². The molecule has 0 saturated carbocycles. The van der Waals surface area contributed by atoms with Crippen LogP contribution < -0.4 is 14.9 Å². The van der Waals surface area contributed by atoms with Crippen molar-refractivity contribution in [2.24, 2.45) is 0 Å². The molecule has 0 radical (unpaired) electrons. The van der Waals surface area contributed by atoms with Crippen LogP contribution in [0.2, 0.25) is 5.02 Å². The Morgan fingerprint density at radius 2 is 1.89 bits per heavy atom. The van der Waals surface area contributed by atoms with Gasteiger partial charge in [0, 0.05) is 10.6 Å². The Morgan fingerprint density at radius 1 is 1.17 bits per heavy atom. The van der Waals surface area contributed by atoms with Crippen molar-refractivity contribution in [3.63, 3.8) is 0 Å². The van der Waals surface area contributed by atoms with Crippen molar-refractivity contribution in [2.75, 3.05) is 7.11 Å². The minimum Gasteiger partial charge on any atom is -0.493 e. The smallest absolute Gasteiger partial charge is 0.285 e. The third-order valence-electron chi connectivity index (χ3n) is 4.89. The van der Waals surface area contributed by atoms with E-state index in [1.54, 1.807) is 43.5 Å². The summed E-state index contributed by atoms with van der Waals surface area (Å²) in [7, 11) is 1.57. The third kappa shape index (κ3) is 6.16. The summed E-state index contributed by atoms with van der Waals surface area (Å²) in [5, 5.41) is 1.58. The number of carbonyl (C=O) groups is 2. The first-order valence-electron chi connectivity index (χ1n) is 10.2. The van der Waals surface area contributed by atoms with E-state index < -0.39 is 11.8 Å². The average Bonchev–Trinajstić information content (AvgIpc) is 3.11. The fraction of sp³-hybridized carbons (Fsp3) is 0.0800. The highest BCUT2D eigenvalue weighted by Gasteiger charge is 2.34. The number of hydrogen-bond acceptors (Lipinski definition) is 6. The molecule has 6 nitrogen and oxygen atoms in total. The molecule has 2 amide bonds. The van der Waals surface area contributed by atoms with Crippen LogP contribution in [0.1, 0.15) is 21.5 Å². The van der Waals surface area contributed by atoms with Crippen molar-refractivity contribution in [2.45, 2.75) is 6.61 Å². The van der Waals surface area contributed by atoms with Crippen molar-refractivity contribution < 1.29 is 19.1 Å². The Bertz CT molecular complexity index is 1320. The molecule has 1 saturated heterocycles. The van der Waals surface area contributed by atoms with Gasteiger partial charge in [0.2, 0.25) is 0 Å². The molecule has 1 fully saturated rings. The van der Waals surface area contributed by atoms with Gasteiger partial charge in [-0.2, -0.15) is 5.01 Å². The van der Waals surface area contributed by atoms with Crippen LogP contribution in [0.4, 0.5) is 0 Å². The van der Waals surface area contributed by atoms with Crippen LogP contribution in [-0.2, 0) is 11.4 Å². The molecule has 1 aliphatic heterocycles. The van der Waals surface area contributed by atoms with Crippen molar-refractivity contribution >= 4 is 80.4 Å². The number of carbonyl (C=O) groups excluding carboxylic acids is 2. The maximum Gasteiger partial charge on any atom is 0.285 e. The number of amides is 2. The van der Waals surface area contributed by atoms with Gasteiger partial charge in [-0.15, -0.1) is 0 Å². The number of nitrogens with one attached hydrogen (secondary N) is 1. The van der Waals surface area contributed by atoms with Crippen LogP contribution in [-0.4, -0.2) is 28.3 Å².